The highest BCUT2D eigenvalue weighted by Crippen LogP contribution is 2.41. The van der Waals surface area contributed by atoms with E-state index in [9.17, 15) is 20.1 Å². The number of amides is 2. The van der Waals surface area contributed by atoms with E-state index in [0.29, 0.717) is 5.92 Å². The Hall–Kier alpha value is -1.88. The van der Waals surface area contributed by atoms with Crippen molar-refractivity contribution in [3.63, 3.8) is 0 Å². The number of nitriles is 2. The highest BCUT2D eigenvalue weighted by molar-refractivity contribution is 6.02. The second-order valence-corrected chi connectivity index (χ2v) is 5.66. The Labute approximate surface area is 112 Å². The Bertz CT molecular complexity index is 434. The van der Waals surface area contributed by atoms with Crippen LogP contribution in [-0.4, -0.2) is 11.8 Å². The molecular weight excluding hydrogens is 242 g/mol. The largest absolute Gasteiger partial charge is 0.294 e. The van der Waals surface area contributed by atoms with Gasteiger partial charge in [-0.05, 0) is 24.7 Å². The molecule has 2 atom stereocenters. The lowest BCUT2D eigenvalue weighted by Crippen LogP contribution is -2.53. The molecule has 100 valence electrons. The van der Waals surface area contributed by atoms with Gasteiger partial charge in [-0.25, -0.2) is 0 Å². The van der Waals surface area contributed by atoms with E-state index in [-0.39, 0.29) is 5.92 Å². The van der Waals surface area contributed by atoms with Gasteiger partial charge in [0.15, 0.2) is 0 Å². The van der Waals surface area contributed by atoms with E-state index in [1.807, 2.05) is 12.1 Å². The quantitative estimate of drug-likeness (QED) is 0.719. The number of rotatable bonds is 1. The Balaban J connectivity index is 2.26. The molecule has 1 heterocycles. The molecule has 0 bridgehead atoms. The van der Waals surface area contributed by atoms with Crippen LogP contribution in [0.15, 0.2) is 0 Å². The normalized spacial score (nSPS) is 39.0. The van der Waals surface area contributed by atoms with Crippen LogP contribution in [0.3, 0.4) is 0 Å². The lowest BCUT2D eigenvalue weighted by Gasteiger charge is -2.38. The van der Waals surface area contributed by atoms with Crippen LogP contribution >= 0.6 is 0 Å². The van der Waals surface area contributed by atoms with Gasteiger partial charge >= 0.3 is 0 Å². The summed E-state index contributed by atoms with van der Waals surface area (Å²) in [6.07, 6.45) is 3.85. The standard InChI is InChI=1S/C14H17N3O2/c1-8-2-4-9(5-3-8)12-10(6-15)13(18)17-14(19)11(12)7-16/h8-12H,2-5H2,1H3,(H,17,18,19). The van der Waals surface area contributed by atoms with Gasteiger partial charge in [0.2, 0.25) is 11.8 Å². The van der Waals surface area contributed by atoms with Crippen LogP contribution in [0, 0.1) is 52.3 Å². The first-order valence-corrected chi connectivity index (χ1v) is 6.72. The van der Waals surface area contributed by atoms with Gasteiger partial charge in [-0.2, -0.15) is 10.5 Å². The summed E-state index contributed by atoms with van der Waals surface area (Å²) in [5.74, 6) is -2.50. The molecule has 1 saturated carbocycles. The van der Waals surface area contributed by atoms with Crippen molar-refractivity contribution in [2.45, 2.75) is 32.6 Å². The van der Waals surface area contributed by atoms with Crippen LogP contribution in [0.1, 0.15) is 32.6 Å². The van der Waals surface area contributed by atoms with E-state index >= 15 is 0 Å². The van der Waals surface area contributed by atoms with Crippen LogP contribution in [-0.2, 0) is 9.59 Å². The molecule has 2 rings (SSSR count). The maximum Gasteiger partial charge on any atom is 0.244 e. The summed E-state index contributed by atoms with van der Waals surface area (Å²) in [5.41, 5.74) is 0. The maximum absolute atomic E-state index is 11.8. The molecule has 5 heteroatoms. The van der Waals surface area contributed by atoms with E-state index in [2.05, 4.69) is 12.2 Å². The van der Waals surface area contributed by atoms with Gasteiger partial charge in [0.1, 0.15) is 11.8 Å². The molecule has 0 aromatic carbocycles. The summed E-state index contributed by atoms with van der Waals surface area (Å²) < 4.78 is 0. The van der Waals surface area contributed by atoms with Crippen LogP contribution in [0.4, 0.5) is 0 Å². The predicted octanol–water partition coefficient (Wildman–Crippen LogP) is 1.36. The van der Waals surface area contributed by atoms with Crippen LogP contribution < -0.4 is 5.32 Å². The molecule has 0 radical (unpaired) electrons. The van der Waals surface area contributed by atoms with E-state index < -0.39 is 29.6 Å². The molecule has 0 aromatic heterocycles. The summed E-state index contributed by atoms with van der Waals surface area (Å²) in [6, 6.07) is 3.96. The van der Waals surface area contributed by atoms with Crippen molar-refractivity contribution >= 4 is 11.8 Å². The van der Waals surface area contributed by atoms with Crippen LogP contribution in [0.2, 0.25) is 0 Å². The first-order valence-electron chi connectivity index (χ1n) is 6.72. The van der Waals surface area contributed by atoms with Crippen molar-refractivity contribution in [2.24, 2.45) is 29.6 Å². The minimum absolute atomic E-state index is 0.125. The summed E-state index contributed by atoms with van der Waals surface area (Å²) in [4.78, 5) is 23.5. The minimum Gasteiger partial charge on any atom is -0.294 e. The first-order chi connectivity index (χ1) is 9.08. The number of piperidine rings is 1. The van der Waals surface area contributed by atoms with E-state index in [1.54, 1.807) is 0 Å². The molecule has 2 amide bonds. The minimum atomic E-state index is -0.874. The van der Waals surface area contributed by atoms with Crippen molar-refractivity contribution in [3.05, 3.63) is 0 Å². The number of hydrogen-bond acceptors (Lipinski definition) is 4. The first kappa shape index (κ1) is 13.5. The summed E-state index contributed by atoms with van der Waals surface area (Å²) in [5, 5.41) is 20.5. The molecule has 1 saturated heterocycles. The average molecular weight is 259 g/mol. The van der Waals surface area contributed by atoms with Crippen molar-refractivity contribution in [1.29, 1.82) is 10.5 Å². The summed E-state index contributed by atoms with van der Waals surface area (Å²) in [7, 11) is 0. The third kappa shape index (κ3) is 2.46. The zero-order valence-corrected chi connectivity index (χ0v) is 10.9. The second kappa shape index (κ2) is 5.40. The predicted molar refractivity (Wildman–Crippen MR) is 66.0 cm³/mol. The second-order valence-electron chi connectivity index (χ2n) is 5.66. The fourth-order valence-corrected chi connectivity index (χ4v) is 3.32. The van der Waals surface area contributed by atoms with Gasteiger partial charge in [-0.1, -0.05) is 19.8 Å². The third-order valence-electron chi connectivity index (χ3n) is 4.46. The van der Waals surface area contributed by atoms with Crippen molar-refractivity contribution in [1.82, 2.24) is 5.32 Å². The Kier molecular flexibility index (Phi) is 3.85. The van der Waals surface area contributed by atoms with Crippen molar-refractivity contribution < 1.29 is 9.59 Å². The Morgan fingerprint density at radius 3 is 1.89 bits per heavy atom. The number of nitrogens with one attached hydrogen (secondary N) is 1. The zero-order chi connectivity index (χ0) is 14.0. The number of nitrogens with zero attached hydrogens (tertiary/aromatic N) is 2. The molecule has 0 aromatic rings. The molecule has 5 nitrogen and oxygen atoms in total. The molecule has 2 fully saturated rings. The number of carbonyl (C=O) groups excluding carboxylic acids is 2. The molecule has 1 aliphatic carbocycles. The third-order valence-corrected chi connectivity index (χ3v) is 4.46. The van der Waals surface area contributed by atoms with Gasteiger partial charge in [0.05, 0.1) is 12.1 Å². The zero-order valence-electron chi connectivity index (χ0n) is 10.9. The van der Waals surface area contributed by atoms with Crippen molar-refractivity contribution in [2.75, 3.05) is 0 Å². The highest BCUT2D eigenvalue weighted by Gasteiger charge is 2.48. The monoisotopic (exact) mass is 259 g/mol. The van der Waals surface area contributed by atoms with Crippen LogP contribution in [0.5, 0.6) is 0 Å². The van der Waals surface area contributed by atoms with E-state index in [0.717, 1.165) is 25.7 Å². The lowest BCUT2D eigenvalue weighted by atomic mass is 9.65. The van der Waals surface area contributed by atoms with Gasteiger partial charge in [-0.3, -0.25) is 14.9 Å². The molecule has 0 spiro atoms. The average Bonchev–Trinajstić information content (AvgIpc) is 2.39. The SMILES string of the molecule is CC1CCC(C2C(C#N)C(=O)NC(=O)C2C#N)CC1. The van der Waals surface area contributed by atoms with Gasteiger partial charge in [-0.15, -0.1) is 0 Å². The molecular formula is C14H17N3O2. The Morgan fingerprint density at radius 2 is 1.47 bits per heavy atom. The number of hydrogen-bond donors (Lipinski definition) is 1. The molecule has 1 aliphatic heterocycles. The number of carbonyl (C=O) groups is 2. The van der Waals surface area contributed by atoms with E-state index in [4.69, 9.17) is 0 Å². The topological polar surface area (TPSA) is 93.8 Å². The fraction of sp³-hybridized carbons (Fsp3) is 0.714. The molecule has 2 aliphatic rings. The Morgan fingerprint density at radius 1 is 1.00 bits per heavy atom. The number of imide groups is 1. The van der Waals surface area contributed by atoms with Gasteiger partial charge in [0, 0.05) is 5.92 Å². The smallest absolute Gasteiger partial charge is 0.244 e. The van der Waals surface area contributed by atoms with Crippen molar-refractivity contribution in [3.8, 4) is 12.1 Å². The van der Waals surface area contributed by atoms with Gasteiger partial charge < -0.3 is 0 Å². The van der Waals surface area contributed by atoms with Gasteiger partial charge in [0.25, 0.3) is 0 Å². The lowest BCUT2D eigenvalue weighted by molar-refractivity contribution is -0.141. The maximum atomic E-state index is 11.8. The molecule has 19 heavy (non-hydrogen) atoms. The summed E-state index contributed by atoms with van der Waals surface area (Å²) in [6.45, 7) is 2.18. The van der Waals surface area contributed by atoms with Crippen LogP contribution in [0.25, 0.3) is 0 Å². The fourth-order valence-electron chi connectivity index (χ4n) is 3.32. The summed E-state index contributed by atoms with van der Waals surface area (Å²) >= 11 is 0. The highest BCUT2D eigenvalue weighted by atomic mass is 16.2. The molecule has 1 N–H and O–H groups in total. The van der Waals surface area contributed by atoms with E-state index in [1.165, 1.54) is 0 Å². The molecule has 2 unspecified atom stereocenters.